The summed E-state index contributed by atoms with van der Waals surface area (Å²) in [4.78, 5) is 9.31. The lowest BCUT2D eigenvalue weighted by atomic mass is 10.1. The third-order valence-corrected chi connectivity index (χ3v) is 5.22. The molecule has 1 aromatic carbocycles. The van der Waals surface area contributed by atoms with Gasteiger partial charge in [-0.1, -0.05) is 37.3 Å². The maximum atomic E-state index is 4.40. The maximum Gasteiger partial charge on any atom is 0.191 e. The van der Waals surface area contributed by atoms with Gasteiger partial charge in [-0.05, 0) is 45.3 Å². The Balaban J connectivity index is 0.00000364. The molecule has 27 heavy (non-hydrogen) atoms. The number of nitrogens with zero attached hydrogens (tertiary/aromatic N) is 3. The van der Waals surface area contributed by atoms with Gasteiger partial charge in [0.2, 0.25) is 0 Å². The second-order valence-corrected chi connectivity index (χ2v) is 7.85. The van der Waals surface area contributed by atoms with Crippen molar-refractivity contribution in [3.05, 3.63) is 35.9 Å². The van der Waals surface area contributed by atoms with E-state index in [4.69, 9.17) is 0 Å². The number of halogens is 1. The fourth-order valence-electron chi connectivity index (χ4n) is 3.51. The van der Waals surface area contributed by atoms with Crippen molar-refractivity contribution < 1.29 is 0 Å². The number of hydrogen-bond donors (Lipinski definition) is 2. The van der Waals surface area contributed by atoms with Crippen LogP contribution < -0.4 is 10.6 Å². The minimum absolute atomic E-state index is 0. The van der Waals surface area contributed by atoms with E-state index in [9.17, 15) is 0 Å². The van der Waals surface area contributed by atoms with Crippen molar-refractivity contribution in [1.82, 2.24) is 20.4 Å². The van der Waals surface area contributed by atoms with E-state index in [1.165, 1.54) is 5.56 Å². The fraction of sp³-hybridized carbons (Fsp3) is 0.667. The van der Waals surface area contributed by atoms with E-state index in [1.54, 1.807) is 0 Å². The van der Waals surface area contributed by atoms with E-state index in [-0.39, 0.29) is 24.0 Å². The van der Waals surface area contributed by atoms with Crippen LogP contribution in [0, 0.1) is 5.92 Å². The first-order chi connectivity index (χ1) is 12.5. The number of aliphatic imine (C=N–C) groups is 1. The average Bonchev–Trinajstić information content (AvgIpc) is 2.99. The van der Waals surface area contributed by atoms with Gasteiger partial charge in [-0.3, -0.25) is 9.89 Å². The Kier molecular flexibility index (Phi) is 11.3. The average molecular weight is 487 g/mol. The summed E-state index contributed by atoms with van der Waals surface area (Å²) in [5.41, 5.74) is 1.37. The minimum atomic E-state index is 0. The number of rotatable bonds is 8. The van der Waals surface area contributed by atoms with E-state index >= 15 is 0 Å². The van der Waals surface area contributed by atoms with Gasteiger partial charge in [0.1, 0.15) is 0 Å². The molecule has 0 amide bonds. The molecule has 154 valence electrons. The van der Waals surface area contributed by atoms with Crippen molar-refractivity contribution in [2.75, 3.05) is 40.3 Å². The van der Waals surface area contributed by atoms with Crippen molar-refractivity contribution in [2.24, 2.45) is 10.9 Å². The number of guanidine groups is 1. The highest BCUT2D eigenvalue weighted by Gasteiger charge is 2.31. The molecule has 0 radical (unpaired) electrons. The van der Waals surface area contributed by atoms with Crippen molar-refractivity contribution in [2.45, 2.75) is 45.8 Å². The quantitative estimate of drug-likeness (QED) is 0.256. The first-order valence-electron chi connectivity index (χ1n) is 9.93. The van der Waals surface area contributed by atoms with Gasteiger partial charge in [0.25, 0.3) is 0 Å². The Morgan fingerprint density at radius 1 is 1.26 bits per heavy atom. The van der Waals surface area contributed by atoms with Gasteiger partial charge in [0.15, 0.2) is 5.96 Å². The molecular formula is C21H38IN5. The van der Waals surface area contributed by atoms with Crippen LogP contribution >= 0.6 is 24.0 Å². The molecule has 1 fully saturated rings. The molecule has 2 unspecified atom stereocenters. The van der Waals surface area contributed by atoms with E-state index in [1.807, 2.05) is 7.05 Å². The number of likely N-dealkylation sites (tertiary alicyclic amines) is 1. The third kappa shape index (κ3) is 8.35. The van der Waals surface area contributed by atoms with Crippen molar-refractivity contribution in [3.8, 4) is 0 Å². The second-order valence-electron chi connectivity index (χ2n) is 7.85. The highest BCUT2D eigenvalue weighted by atomic mass is 127. The molecule has 0 saturated carbocycles. The zero-order chi connectivity index (χ0) is 18.9. The Morgan fingerprint density at radius 3 is 2.56 bits per heavy atom. The minimum Gasteiger partial charge on any atom is -0.356 e. The molecule has 0 spiro atoms. The van der Waals surface area contributed by atoms with E-state index < -0.39 is 0 Å². The molecule has 0 bridgehead atoms. The van der Waals surface area contributed by atoms with E-state index in [0.717, 1.165) is 45.1 Å². The summed E-state index contributed by atoms with van der Waals surface area (Å²) in [5, 5.41) is 7.09. The standard InChI is InChI=1S/C21H37N5.HI/c1-17(2)26-14-18(3)20(16-26)24-21(22-4)23-12-9-13-25(5)15-19-10-7-6-8-11-19;/h6-8,10-11,17-18,20H,9,12-16H2,1-5H3,(H2,22,23,24);1H. The summed E-state index contributed by atoms with van der Waals surface area (Å²) in [7, 11) is 4.04. The number of benzene rings is 1. The lowest BCUT2D eigenvalue weighted by molar-refractivity contribution is 0.265. The first kappa shape index (κ1) is 24.2. The van der Waals surface area contributed by atoms with Gasteiger partial charge in [-0.15, -0.1) is 24.0 Å². The largest absolute Gasteiger partial charge is 0.356 e. The highest BCUT2D eigenvalue weighted by Crippen LogP contribution is 2.18. The van der Waals surface area contributed by atoms with E-state index in [2.05, 4.69) is 83.6 Å². The van der Waals surface area contributed by atoms with Crippen LogP contribution in [0.2, 0.25) is 0 Å². The van der Waals surface area contributed by atoms with Gasteiger partial charge in [-0.25, -0.2) is 0 Å². The second kappa shape index (κ2) is 12.6. The number of nitrogens with one attached hydrogen (secondary N) is 2. The predicted molar refractivity (Wildman–Crippen MR) is 127 cm³/mol. The van der Waals surface area contributed by atoms with Crippen LogP contribution in [0.4, 0.5) is 0 Å². The zero-order valence-electron chi connectivity index (χ0n) is 17.6. The molecule has 1 aliphatic heterocycles. The number of hydrogen-bond acceptors (Lipinski definition) is 3. The molecule has 5 nitrogen and oxygen atoms in total. The SMILES string of the molecule is CN=C(NCCCN(C)Cc1ccccc1)NC1CN(C(C)C)CC1C.I. The van der Waals surface area contributed by atoms with Crippen molar-refractivity contribution in [3.63, 3.8) is 0 Å². The van der Waals surface area contributed by atoms with Gasteiger partial charge >= 0.3 is 0 Å². The molecule has 6 heteroatoms. The van der Waals surface area contributed by atoms with Crippen molar-refractivity contribution >= 4 is 29.9 Å². The Labute approximate surface area is 183 Å². The summed E-state index contributed by atoms with van der Waals surface area (Å²) in [5.74, 6) is 1.58. The Hall–Kier alpha value is -0.860. The van der Waals surface area contributed by atoms with Gasteiger partial charge in [0, 0.05) is 45.3 Å². The third-order valence-electron chi connectivity index (χ3n) is 5.22. The predicted octanol–water partition coefficient (Wildman–Crippen LogP) is 3.02. The molecule has 0 aromatic heterocycles. The Morgan fingerprint density at radius 2 is 1.96 bits per heavy atom. The maximum absolute atomic E-state index is 4.40. The van der Waals surface area contributed by atoms with Crippen LogP contribution in [0.5, 0.6) is 0 Å². The topological polar surface area (TPSA) is 42.9 Å². The lowest BCUT2D eigenvalue weighted by Gasteiger charge is -2.22. The zero-order valence-corrected chi connectivity index (χ0v) is 19.9. The molecule has 0 aliphatic carbocycles. The first-order valence-corrected chi connectivity index (χ1v) is 9.93. The monoisotopic (exact) mass is 487 g/mol. The molecule has 1 saturated heterocycles. The molecular weight excluding hydrogens is 449 g/mol. The molecule has 2 atom stereocenters. The summed E-state index contributed by atoms with van der Waals surface area (Å²) in [6.45, 7) is 12.1. The van der Waals surface area contributed by atoms with Crippen LogP contribution in [-0.2, 0) is 6.54 Å². The molecule has 1 aromatic rings. The lowest BCUT2D eigenvalue weighted by Crippen LogP contribution is -2.47. The van der Waals surface area contributed by atoms with Crippen LogP contribution in [0.1, 0.15) is 32.8 Å². The molecule has 2 N–H and O–H groups in total. The molecule has 1 aliphatic rings. The van der Waals surface area contributed by atoms with E-state index in [0.29, 0.717) is 18.0 Å². The highest BCUT2D eigenvalue weighted by molar-refractivity contribution is 14.0. The summed E-state index contributed by atoms with van der Waals surface area (Å²) in [6, 6.07) is 11.7. The summed E-state index contributed by atoms with van der Waals surface area (Å²) < 4.78 is 0. The summed E-state index contributed by atoms with van der Waals surface area (Å²) in [6.07, 6.45) is 1.10. The fourth-order valence-corrected chi connectivity index (χ4v) is 3.51. The van der Waals surface area contributed by atoms with Gasteiger partial charge in [0.05, 0.1) is 0 Å². The normalized spacial score (nSPS) is 20.8. The molecule has 1 heterocycles. The van der Waals surface area contributed by atoms with Crippen LogP contribution in [0.25, 0.3) is 0 Å². The van der Waals surface area contributed by atoms with Crippen molar-refractivity contribution in [1.29, 1.82) is 0 Å². The van der Waals surface area contributed by atoms with Gasteiger partial charge in [-0.2, -0.15) is 0 Å². The van der Waals surface area contributed by atoms with Crippen LogP contribution in [0.3, 0.4) is 0 Å². The van der Waals surface area contributed by atoms with Crippen LogP contribution in [0.15, 0.2) is 35.3 Å². The molecule has 2 rings (SSSR count). The summed E-state index contributed by atoms with van der Waals surface area (Å²) >= 11 is 0. The smallest absolute Gasteiger partial charge is 0.191 e. The Bertz CT molecular complexity index is 549. The van der Waals surface area contributed by atoms with Crippen LogP contribution in [-0.4, -0.2) is 68.1 Å². The van der Waals surface area contributed by atoms with Gasteiger partial charge < -0.3 is 15.5 Å².